The highest BCUT2D eigenvalue weighted by molar-refractivity contribution is 5.95. The van der Waals surface area contributed by atoms with Crippen LogP contribution >= 0.6 is 0 Å². The van der Waals surface area contributed by atoms with Gasteiger partial charge in [-0.3, -0.25) is 4.79 Å². The summed E-state index contributed by atoms with van der Waals surface area (Å²) in [7, 11) is 0. The number of carbonyl (C=O) groups is 1. The topological polar surface area (TPSA) is 37.3 Å². The van der Waals surface area contributed by atoms with Crippen LogP contribution in [0.1, 0.15) is 23.2 Å². The largest absolute Gasteiger partial charge is 0.389 e. The van der Waals surface area contributed by atoms with Crippen molar-refractivity contribution in [2.24, 2.45) is 0 Å². The lowest BCUT2D eigenvalue weighted by Gasteiger charge is -2.03. The molecule has 2 heteroatoms. The average Bonchev–Trinajstić information content (AvgIpc) is 2.26. The first kappa shape index (κ1) is 10.7. The van der Waals surface area contributed by atoms with E-state index in [0.29, 0.717) is 18.4 Å². The minimum Gasteiger partial charge on any atom is -0.389 e. The molecule has 0 aromatic heterocycles. The third-order valence-corrected chi connectivity index (χ3v) is 2.04. The number of hydrogen-bond acceptors (Lipinski definition) is 2. The Morgan fingerprint density at radius 2 is 2.07 bits per heavy atom. The summed E-state index contributed by atoms with van der Waals surface area (Å²) in [6.07, 6.45) is 1.66. The van der Waals surface area contributed by atoms with Gasteiger partial charge in [-0.2, -0.15) is 0 Å². The molecule has 1 N–H and O–H groups in total. The molecule has 0 radical (unpaired) electrons. The summed E-state index contributed by atoms with van der Waals surface area (Å²) in [5.41, 5.74) is 0.698. The monoisotopic (exact) mass is 190 g/mol. The van der Waals surface area contributed by atoms with Gasteiger partial charge in [0.05, 0.1) is 6.10 Å². The number of aliphatic hydroxyl groups excluding tert-OH is 1. The zero-order valence-corrected chi connectivity index (χ0v) is 8.02. The summed E-state index contributed by atoms with van der Waals surface area (Å²) in [6, 6.07) is 9.09. The Morgan fingerprint density at radius 1 is 1.43 bits per heavy atom. The molecule has 0 aliphatic carbocycles. The minimum atomic E-state index is -0.581. The van der Waals surface area contributed by atoms with Crippen LogP contribution in [0.4, 0.5) is 0 Å². The van der Waals surface area contributed by atoms with Crippen LogP contribution < -0.4 is 0 Å². The second-order valence-electron chi connectivity index (χ2n) is 3.13. The van der Waals surface area contributed by atoms with E-state index in [4.69, 9.17) is 0 Å². The van der Waals surface area contributed by atoms with Crippen LogP contribution in [0.3, 0.4) is 0 Å². The summed E-state index contributed by atoms with van der Waals surface area (Å²) in [4.78, 5) is 11.5. The van der Waals surface area contributed by atoms with E-state index in [1.165, 1.54) is 6.08 Å². The first-order valence-corrected chi connectivity index (χ1v) is 4.63. The third kappa shape index (κ3) is 3.15. The number of carbonyl (C=O) groups excluding carboxylic acids is 1. The molecule has 0 fully saturated rings. The summed E-state index contributed by atoms with van der Waals surface area (Å²) in [5.74, 6) is 0.0616. The van der Waals surface area contributed by atoms with Gasteiger partial charge in [0.2, 0.25) is 0 Å². The molecule has 1 aromatic carbocycles. The average molecular weight is 190 g/mol. The highest BCUT2D eigenvalue weighted by Crippen LogP contribution is 2.07. The van der Waals surface area contributed by atoms with Crippen molar-refractivity contribution in [3.63, 3.8) is 0 Å². The molecule has 1 unspecified atom stereocenters. The van der Waals surface area contributed by atoms with E-state index >= 15 is 0 Å². The molecule has 0 amide bonds. The predicted octanol–water partition coefficient (Wildman–Crippen LogP) is 2.20. The van der Waals surface area contributed by atoms with Crippen LogP contribution in [0.2, 0.25) is 0 Å². The molecule has 1 atom stereocenters. The highest BCUT2D eigenvalue weighted by atomic mass is 16.3. The lowest BCUT2D eigenvalue weighted by molar-refractivity contribution is 0.0959. The van der Waals surface area contributed by atoms with Gasteiger partial charge < -0.3 is 5.11 Å². The van der Waals surface area contributed by atoms with Gasteiger partial charge in [-0.25, -0.2) is 0 Å². The van der Waals surface area contributed by atoms with Crippen molar-refractivity contribution in [1.82, 2.24) is 0 Å². The van der Waals surface area contributed by atoms with Gasteiger partial charge in [0.1, 0.15) is 0 Å². The van der Waals surface area contributed by atoms with Crippen molar-refractivity contribution in [2.75, 3.05) is 0 Å². The van der Waals surface area contributed by atoms with E-state index < -0.39 is 6.10 Å². The van der Waals surface area contributed by atoms with Crippen LogP contribution in [0.5, 0.6) is 0 Å². The molecular formula is C12H14O2. The Balaban J connectivity index is 2.47. The maximum Gasteiger partial charge on any atom is 0.162 e. The van der Waals surface area contributed by atoms with E-state index in [0.717, 1.165) is 0 Å². The number of ketones is 1. The van der Waals surface area contributed by atoms with E-state index in [-0.39, 0.29) is 5.78 Å². The highest BCUT2D eigenvalue weighted by Gasteiger charge is 2.06. The molecule has 1 rings (SSSR count). The van der Waals surface area contributed by atoms with Crippen LogP contribution in [0.15, 0.2) is 43.0 Å². The Labute approximate surface area is 83.9 Å². The third-order valence-electron chi connectivity index (χ3n) is 2.04. The second-order valence-corrected chi connectivity index (χ2v) is 3.13. The van der Waals surface area contributed by atoms with E-state index in [2.05, 4.69) is 6.58 Å². The van der Waals surface area contributed by atoms with Crippen LogP contribution in [-0.2, 0) is 0 Å². The zero-order chi connectivity index (χ0) is 10.4. The maximum atomic E-state index is 11.5. The molecule has 0 saturated carbocycles. The predicted molar refractivity (Wildman–Crippen MR) is 56.2 cm³/mol. The number of hydrogen-bond donors (Lipinski definition) is 1. The van der Waals surface area contributed by atoms with Crippen LogP contribution in [-0.4, -0.2) is 17.0 Å². The molecule has 14 heavy (non-hydrogen) atoms. The molecule has 74 valence electrons. The van der Waals surface area contributed by atoms with Gasteiger partial charge in [-0.15, -0.1) is 6.58 Å². The van der Waals surface area contributed by atoms with Crippen molar-refractivity contribution in [3.05, 3.63) is 48.6 Å². The van der Waals surface area contributed by atoms with E-state index in [1.54, 1.807) is 12.1 Å². The van der Waals surface area contributed by atoms with Gasteiger partial charge in [0.15, 0.2) is 5.78 Å². The molecule has 2 nitrogen and oxygen atoms in total. The molecule has 0 saturated heterocycles. The van der Waals surface area contributed by atoms with Crippen molar-refractivity contribution in [1.29, 1.82) is 0 Å². The molecule has 0 aliphatic heterocycles. The van der Waals surface area contributed by atoms with Crippen molar-refractivity contribution < 1.29 is 9.90 Å². The number of benzene rings is 1. The molecule has 0 spiro atoms. The standard InChI is InChI=1S/C12H14O2/c1-2-11(13)8-9-12(14)10-6-4-3-5-7-10/h2-7,11,13H,1,8-9H2. The molecule has 0 aliphatic rings. The number of Topliss-reactive ketones (excluding diaryl/α,β-unsaturated/α-hetero) is 1. The zero-order valence-electron chi connectivity index (χ0n) is 8.02. The fourth-order valence-corrected chi connectivity index (χ4v) is 1.17. The number of rotatable bonds is 5. The van der Waals surface area contributed by atoms with E-state index in [1.807, 2.05) is 18.2 Å². The smallest absolute Gasteiger partial charge is 0.162 e. The minimum absolute atomic E-state index is 0.0616. The molecular weight excluding hydrogens is 176 g/mol. The van der Waals surface area contributed by atoms with Crippen molar-refractivity contribution >= 4 is 5.78 Å². The number of aliphatic hydroxyl groups is 1. The van der Waals surface area contributed by atoms with Gasteiger partial charge in [-0.05, 0) is 6.42 Å². The summed E-state index contributed by atoms with van der Waals surface area (Å²) >= 11 is 0. The van der Waals surface area contributed by atoms with Gasteiger partial charge >= 0.3 is 0 Å². The summed E-state index contributed by atoms with van der Waals surface area (Å²) in [5, 5.41) is 9.18. The van der Waals surface area contributed by atoms with Crippen molar-refractivity contribution in [2.45, 2.75) is 18.9 Å². The Bertz CT molecular complexity index is 303. The van der Waals surface area contributed by atoms with Gasteiger partial charge in [-0.1, -0.05) is 36.4 Å². The SMILES string of the molecule is C=CC(O)CCC(=O)c1ccccc1. The summed E-state index contributed by atoms with van der Waals surface area (Å²) in [6.45, 7) is 3.45. The second kappa shape index (κ2) is 5.35. The van der Waals surface area contributed by atoms with Crippen LogP contribution in [0.25, 0.3) is 0 Å². The summed E-state index contributed by atoms with van der Waals surface area (Å²) < 4.78 is 0. The fourth-order valence-electron chi connectivity index (χ4n) is 1.17. The van der Waals surface area contributed by atoms with Crippen LogP contribution in [0, 0.1) is 0 Å². The molecule has 0 heterocycles. The maximum absolute atomic E-state index is 11.5. The lowest BCUT2D eigenvalue weighted by atomic mass is 10.0. The Kier molecular flexibility index (Phi) is 4.08. The molecule has 0 bridgehead atoms. The molecule has 1 aromatic rings. The van der Waals surface area contributed by atoms with Crippen molar-refractivity contribution in [3.8, 4) is 0 Å². The quantitative estimate of drug-likeness (QED) is 0.571. The first-order valence-electron chi connectivity index (χ1n) is 4.63. The van der Waals surface area contributed by atoms with Gasteiger partial charge in [0.25, 0.3) is 0 Å². The lowest BCUT2D eigenvalue weighted by Crippen LogP contribution is -2.06. The van der Waals surface area contributed by atoms with Gasteiger partial charge in [0, 0.05) is 12.0 Å². The normalized spacial score (nSPS) is 12.1. The Morgan fingerprint density at radius 3 is 2.64 bits per heavy atom. The van der Waals surface area contributed by atoms with E-state index in [9.17, 15) is 9.90 Å². The Hall–Kier alpha value is -1.41. The first-order chi connectivity index (χ1) is 6.74. The fraction of sp³-hybridized carbons (Fsp3) is 0.250.